The monoisotopic (exact) mass is 251 g/mol. The number of hydrogen-bond donors (Lipinski definition) is 1. The molecule has 102 valence electrons. The van der Waals surface area contributed by atoms with Crippen molar-refractivity contribution in [2.45, 2.75) is 65.3 Å². The molecule has 2 unspecified atom stereocenters. The van der Waals surface area contributed by atoms with Crippen LogP contribution >= 0.6 is 0 Å². The molecule has 0 spiro atoms. The number of nitrogens with zero attached hydrogens (tertiary/aromatic N) is 2. The topological polar surface area (TPSA) is 39.1 Å². The van der Waals surface area contributed by atoms with E-state index in [4.69, 9.17) is 4.74 Å². The number of aromatic nitrogens is 2. The van der Waals surface area contributed by atoms with Gasteiger partial charge in [0.1, 0.15) is 5.82 Å². The highest BCUT2D eigenvalue weighted by Gasteiger charge is 2.23. The smallest absolute Gasteiger partial charge is 0.105 e. The normalized spacial score (nSPS) is 23.7. The van der Waals surface area contributed by atoms with Crippen LogP contribution < -0.4 is 5.32 Å². The minimum Gasteiger partial charge on any atom is -0.373 e. The summed E-state index contributed by atoms with van der Waals surface area (Å²) in [6.07, 6.45) is 6.27. The van der Waals surface area contributed by atoms with Gasteiger partial charge in [0.25, 0.3) is 0 Å². The lowest BCUT2D eigenvalue weighted by Gasteiger charge is -2.16. The highest BCUT2D eigenvalue weighted by atomic mass is 16.5. The molecule has 1 N–H and O–H groups in total. The fourth-order valence-corrected chi connectivity index (χ4v) is 2.52. The van der Waals surface area contributed by atoms with Crippen LogP contribution in [-0.2, 0) is 17.8 Å². The van der Waals surface area contributed by atoms with Gasteiger partial charge < -0.3 is 14.6 Å². The molecule has 1 aliphatic rings. The maximum atomic E-state index is 5.90. The Kier molecular flexibility index (Phi) is 4.78. The minimum absolute atomic E-state index is 0.359. The van der Waals surface area contributed by atoms with Gasteiger partial charge >= 0.3 is 0 Å². The van der Waals surface area contributed by atoms with E-state index in [1.165, 1.54) is 18.5 Å². The predicted octanol–water partition coefficient (Wildman–Crippen LogP) is 2.26. The Morgan fingerprint density at radius 1 is 1.50 bits per heavy atom. The average molecular weight is 251 g/mol. The quantitative estimate of drug-likeness (QED) is 0.788. The molecule has 0 saturated carbocycles. The molecule has 0 bridgehead atoms. The van der Waals surface area contributed by atoms with Crippen LogP contribution in [0.1, 0.15) is 44.6 Å². The van der Waals surface area contributed by atoms with E-state index in [2.05, 4.69) is 35.6 Å². The van der Waals surface area contributed by atoms with Gasteiger partial charge in [0.05, 0.1) is 24.4 Å². The van der Waals surface area contributed by atoms with Crippen molar-refractivity contribution in [3.05, 3.63) is 17.7 Å². The number of ether oxygens (including phenoxy) is 1. The summed E-state index contributed by atoms with van der Waals surface area (Å²) >= 11 is 0. The maximum Gasteiger partial charge on any atom is 0.105 e. The van der Waals surface area contributed by atoms with E-state index in [-0.39, 0.29) is 0 Å². The molecule has 0 aliphatic carbocycles. The first-order valence-corrected chi connectivity index (χ1v) is 7.08. The molecule has 2 atom stereocenters. The second-order valence-electron chi connectivity index (χ2n) is 5.23. The van der Waals surface area contributed by atoms with E-state index in [9.17, 15) is 0 Å². The van der Waals surface area contributed by atoms with Crippen molar-refractivity contribution in [2.75, 3.05) is 6.54 Å². The molecule has 4 heteroatoms. The molecule has 2 rings (SSSR count). The summed E-state index contributed by atoms with van der Waals surface area (Å²) < 4.78 is 8.20. The number of imidazole rings is 1. The van der Waals surface area contributed by atoms with Crippen LogP contribution in [0.2, 0.25) is 0 Å². The van der Waals surface area contributed by atoms with Crippen LogP contribution in [0.25, 0.3) is 0 Å². The Labute approximate surface area is 110 Å². The molecule has 0 radical (unpaired) electrons. The number of nitrogens with one attached hydrogen (secondary N) is 1. The van der Waals surface area contributed by atoms with Crippen LogP contribution in [0.15, 0.2) is 6.20 Å². The van der Waals surface area contributed by atoms with Crippen molar-refractivity contribution in [3.8, 4) is 0 Å². The van der Waals surface area contributed by atoms with E-state index in [0.717, 1.165) is 31.9 Å². The van der Waals surface area contributed by atoms with Crippen molar-refractivity contribution >= 4 is 0 Å². The summed E-state index contributed by atoms with van der Waals surface area (Å²) in [5.41, 5.74) is 1.27. The molecule has 1 aromatic heterocycles. The van der Waals surface area contributed by atoms with E-state index >= 15 is 0 Å². The van der Waals surface area contributed by atoms with Gasteiger partial charge in [-0.3, -0.25) is 0 Å². The summed E-state index contributed by atoms with van der Waals surface area (Å²) in [5, 5.41) is 3.44. The summed E-state index contributed by atoms with van der Waals surface area (Å²) in [4.78, 5) is 4.42. The average Bonchev–Trinajstić information content (AvgIpc) is 2.90. The van der Waals surface area contributed by atoms with Crippen LogP contribution in [0.5, 0.6) is 0 Å². The maximum absolute atomic E-state index is 5.90. The molecule has 18 heavy (non-hydrogen) atoms. The van der Waals surface area contributed by atoms with Crippen LogP contribution in [0.3, 0.4) is 0 Å². The molecular weight excluding hydrogens is 226 g/mol. The highest BCUT2D eigenvalue weighted by molar-refractivity contribution is 5.05. The zero-order valence-corrected chi connectivity index (χ0v) is 11.8. The van der Waals surface area contributed by atoms with Gasteiger partial charge in [-0.25, -0.2) is 4.98 Å². The fraction of sp³-hybridized carbons (Fsp3) is 0.786. The molecule has 0 amide bonds. The first-order chi connectivity index (χ1) is 8.70. The van der Waals surface area contributed by atoms with Crippen molar-refractivity contribution in [1.82, 2.24) is 14.9 Å². The standard InChI is InChI=1S/C14H25N3O/c1-4-7-15-8-13-9-16-12(3)17(13)10-14-6-5-11(2)18-14/h9,11,14-15H,4-8,10H2,1-3H3. The second kappa shape index (κ2) is 6.34. The SMILES string of the molecule is CCCNCc1cnc(C)n1CC1CCC(C)O1. The molecule has 1 aromatic rings. The Bertz CT molecular complexity index is 375. The highest BCUT2D eigenvalue weighted by Crippen LogP contribution is 2.21. The number of aryl methyl sites for hydroxylation is 1. The summed E-state index contributed by atoms with van der Waals surface area (Å²) in [6, 6.07) is 0. The third-order valence-corrected chi connectivity index (χ3v) is 3.58. The minimum atomic E-state index is 0.359. The molecule has 4 nitrogen and oxygen atoms in total. The molecular formula is C14H25N3O. The second-order valence-corrected chi connectivity index (χ2v) is 5.23. The lowest BCUT2D eigenvalue weighted by atomic mass is 10.2. The van der Waals surface area contributed by atoms with Gasteiger partial charge in [-0.1, -0.05) is 6.92 Å². The third-order valence-electron chi connectivity index (χ3n) is 3.58. The zero-order valence-electron chi connectivity index (χ0n) is 11.8. The van der Waals surface area contributed by atoms with Gasteiger partial charge in [-0.05, 0) is 39.7 Å². The number of rotatable bonds is 6. The van der Waals surface area contributed by atoms with Gasteiger partial charge in [0.2, 0.25) is 0 Å². The van der Waals surface area contributed by atoms with Crippen LogP contribution in [0.4, 0.5) is 0 Å². The van der Waals surface area contributed by atoms with E-state index in [1.807, 2.05) is 6.20 Å². The first kappa shape index (κ1) is 13.6. The Morgan fingerprint density at radius 3 is 3.00 bits per heavy atom. The van der Waals surface area contributed by atoms with Crippen molar-refractivity contribution in [1.29, 1.82) is 0 Å². The van der Waals surface area contributed by atoms with Gasteiger partial charge in [0.15, 0.2) is 0 Å². The van der Waals surface area contributed by atoms with Gasteiger partial charge in [-0.2, -0.15) is 0 Å². The Hall–Kier alpha value is -0.870. The van der Waals surface area contributed by atoms with E-state index < -0.39 is 0 Å². The van der Waals surface area contributed by atoms with Gasteiger partial charge in [0, 0.05) is 12.7 Å². The summed E-state index contributed by atoms with van der Waals surface area (Å²) in [5.74, 6) is 1.09. The number of hydrogen-bond acceptors (Lipinski definition) is 3. The van der Waals surface area contributed by atoms with Crippen molar-refractivity contribution in [3.63, 3.8) is 0 Å². The zero-order chi connectivity index (χ0) is 13.0. The van der Waals surface area contributed by atoms with Crippen LogP contribution in [0, 0.1) is 6.92 Å². The lowest BCUT2D eigenvalue weighted by molar-refractivity contribution is 0.0449. The van der Waals surface area contributed by atoms with Crippen LogP contribution in [-0.4, -0.2) is 28.3 Å². The third kappa shape index (κ3) is 3.33. The largest absolute Gasteiger partial charge is 0.373 e. The summed E-state index contributed by atoms with van der Waals surface area (Å²) in [7, 11) is 0. The fourth-order valence-electron chi connectivity index (χ4n) is 2.52. The first-order valence-electron chi connectivity index (χ1n) is 7.08. The van der Waals surface area contributed by atoms with E-state index in [1.54, 1.807) is 0 Å². The summed E-state index contributed by atoms with van der Waals surface area (Å²) in [6.45, 7) is 9.31. The predicted molar refractivity (Wildman–Crippen MR) is 72.5 cm³/mol. The van der Waals surface area contributed by atoms with Crippen molar-refractivity contribution < 1.29 is 4.74 Å². The Balaban J connectivity index is 1.95. The molecule has 1 saturated heterocycles. The lowest BCUT2D eigenvalue weighted by Crippen LogP contribution is -2.22. The molecule has 1 aliphatic heterocycles. The Morgan fingerprint density at radius 2 is 2.33 bits per heavy atom. The van der Waals surface area contributed by atoms with Gasteiger partial charge in [-0.15, -0.1) is 0 Å². The molecule has 0 aromatic carbocycles. The molecule has 1 fully saturated rings. The van der Waals surface area contributed by atoms with E-state index in [0.29, 0.717) is 12.2 Å². The van der Waals surface area contributed by atoms with Crippen molar-refractivity contribution in [2.24, 2.45) is 0 Å². The molecule has 2 heterocycles.